The van der Waals surface area contributed by atoms with Gasteiger partial charge in [-0.05, 0) is 30.1 Å². The molecule has 4 nitrogen and oxygen atoms in total. The molecule has 1 N–H and O–H groups in total. The summed E-state index contributed by atoms with van der Waals surface area (Å²) in [4.78, 5) is 2.75. The van der Waals surface area contributed by atoms with E-state index in [0.717, 1.165) is 6.54 Å². The Morgan fingerprint density at radius 3 is 3.00 bits per heavy atom. The number of azide groups is 1. The first kappa shape index (κ1) is 8.10. The van der Waals surface area contributed by atoms with E-state index in [1.165, 1.54) is 12.0 Å². The maximum atomic E-state index is 8.26. The number of nitrogens with one attached hydrogen (secondary N) is 1. The van der Waals surface area contributed by atoms with Crippen molar-refractivity contribution in [1.82, 2.24) is 5.32 Å². The first-order valence-corrected chi connectivity index (χ1v) is 4.28. The molecule has 0 saturated carbocycles. The molecule has 66 valence electrons. The quantitative estimate of drug-likeness (QED) is 0.418. The predicted molar refractivity (Wildman–Crippen MR) is 50.6 cm³/mol. The average molecular weight is 174 g/mol. The zero-order chi connectivity index (χ0) is 9.10. The van der Waals surface area contributed by atoms with E-state index in [-0.39, 0.29) is 0 Å². The van der Waals surface area contributed by atoms with Crippen LogP contribution in [0.2, 0.25) is 0 Å². The van der Waals surface area contributed by atoms with E-state index in [2.05, 4.69) is 15.3 Å². The second-order valence-corrected chi connectivity index (χ2v) is 3.08. The molecule has 0 bridgehead atoms. The lowest BCUT2D eigenvalue weighted by atomic mass is 9.98. The Labute approximate surface area is 76.2 Å². The van der Waals surface area contributed by atoms with Crippen molar-refractivity contribution >= 4 is 5.69 Å². The van der Waals surface area contributed by atoms with E-state index in [1.807, 2.05) is 24.3 Å². The fourth-order valence-electron chi connectivity index (χ4n) is 1.43. The van der Waals surface area contributed by atoms with Crippen LogP contribution >= 0.6 is 0 Å². The van der Waals surface area contributed by atoms with Crippen molar-refractivity contribution in [2.45, 2.75) is 12.5 Å². The smallest absolute Gasteiger partial charge is 0.0378 e. The van der Waals surface area contributed by atoms with Gasteiger partial charge in [-0.2, -0.15) is 0 Å². The molecule has 2 rings (SSSR count). The van der Waals surface area contributed by atoms with Crippen LogP contribution in [0, 0.1) is 0 Å². The molecule has 13 heavy (non-hydrogen) atoms. The van der Waals surface area contributed by atoms with Crippen LogP contribution in [-0.4, -0.2) is 6.54 Å². The number of benzene rings is 1. The molecule has 1 aromatic rings. The van der Waals surface area contributed by atoms with Crippen LogP contribution < -0.4 is 5.32 Å². The molecule has 0 aliphatic carbocycles. The van der Waals surface area contributed by atoms with Gasteiger partial charge in [-0.1, -0.05) is 23.3 Å². The van der Waals surface area contributed by atoms with Crippen LogP contribution in [0.15, 0.2) is 29.4 Å². The number of rotatable bonds is 2. The van der Waals surface area contributed by atoms with E-state index in [9.17, 15) is 0 Å². The van der Waals surface area contributed by atoms with E-state index in [0.29, 0.717) is 11.7 Å². The highest BCUT2D eigenvalue weighted by Crippen LogP contribution is 2.25. The highest BCUT2D eigenvalue weighted by Gasteiger charge is 2.17. The topological polar surface area (TPSA) is 60.8 Å². The van der Waals surface area contributed by atoms with Crippen molar-refractivity contribution in [3.63, 3.8) is 0 Å². The Bertz CT molecular complexity index is 350. The number of nitrogens with zero attached hydrogens (tertiary/aromatic N) is 3. The molecule has 0 aromatic heterocycles. The largest absolute Gasteiger partial charge is 0.310 e. The third-order valence-electron chi connectivity index (χ3n) is 2.26. The Morgan fingerprint density at radius 1 is 1.54 bits per heavy atom. The van der Waals surface area contributed by atoms with Gasteiger partial charge in [-0.15, -0.1) is 0 Å². The van der Waals surface area contributed by atoms with Gasteiger partial charge in [0.05, 0.1) is 0 Å². The normalized spacial score (nSPS) is 20.2. The van der Waals surface area contributed by atoms with Gasteiger partial charge in [0, 0.05) is 16.6 Å². The molecule has 1 saturated heterocycles. The van der Waals surface area contributed by atoms with Crippen molar-refractivity contribution < 1.29 is 0 Å². The fraction of sp³-hybridized carbons (Fsp3) is 0.333. The summed E-state index contributed by atoms with van der Waals surface area (Å²) in [6, 6.07) is 8.15. The van der Waals surface area contributed by atoms with E-state index in [4.69, 9.17) is 5.53 Å². The van der Waals surface area contributed by atoms with E-state index in [1.54, 1.807) is 0 Å². The van der Waals surface area contributed by atoms with Crippen LogP contribution in [-0.2, 0) is 0 Å². The lowest BCUT2D eigenvalue weighted by Crippen LogP contribution is -2.34. The molecule has 1 heterocycles. The molecule has 1 unspecified atom stereocenters. The van der Waals surface area contributed by atoms with Gasteiger partial charge in [-0.3, -0.25) is 0 Å². The molecule has 0 spiro atoms. The molecule has 1 aliphatic rings. The maximum Gasteiger partial charge on any atom is 0.0378 e. The van der Waals surface area contributed by atoms with Gasteiger partial charge in [0.25, 0.3) is 0 Å². The number of hydrogen-bond acceptors (Lipinski definition) is 2. The molecule has 1 fully saturated rings. The fourth-order valence-corrected chi connectivity index (χ4v) is 1.43. The Balaban J connectivity index is 2.25. The summed E-state index contributed by atoms with van der Waals surface area (Å²) in [5.74, 6) is 0. The molecule has 1 aromatic carbocycles. The summed E-state index contributed by atoms with van der Waals surface area (Å²) < 4.78 is 0. The number of hydrogen-bond donors (Lipinski definition) is 1. The molecule has 4 heteroatoms. The van der Waals surface area contributed by atoms with Gasteiger partial charge in [0.1, 0.15) is 0 Å². The summed E-state index contributed by atoms with van der Waals surface area (Å²) in [5, 5.41) is 6.86. The van der Waals surface area contributed by atoms with Crippen LogP contribution in [0.25, 0.3) is 10.4 Å². The van der Waals surface area contributed by atoms with Crippen LogP contribution in [0.1, 0.15) is 18.0 Å². The summed E-state index contributed by atoms with van der Waals surface area (Å²) >= 11 is 0. The third-order valence-corrected chi connectivity index (χ3v) is 2.26. The van der Waals surface area contributed by atoms with E-state index < -0.39 is 0 Å². The molecular formula is C9H10N4. The maximum absolute atomic E-state index is 8.26. The molecule has 1 atom stereocenters. The minimum atomic E-state index is 0.453. The lowest BCUT2D eigenvalue weighted by molar-refractivity contribution is 0.383. The first-order chi connectivity index (χ1) is 6.40. The van der Waals surface area contributed by atoms with Crippen molar-refractivity contribution in [3.05, 3.63) is 40.3 Å². The summed E-state index contributed by atoms with van der Waals surface area (Å²) in [7, 11) is 0. The van der Waals surface area contributed by atoms with Gasteiger partial charge < -0.3 is 5.32 Å². The van der Waals surface area contributed by atoms with Crippen LogP contribution in [0.4, 0.5) is 5.69 Å². The second-order valence-electron chi connectivity index (χ2n) is 3.08. The minimum absolute atomic E-state index is 0.453. The van der Waals surface area contributed by atoms with Crippen LogP contribution in [0.5, 0.6) is 0 Å². The molecular weight excluding hydrogens is 164 g/mol. The van der Waals surface area contributed by atoms with Gasteiger partial charge in [-0.25, -0.2) is 0 Å². The first-order valence-electron chi connectivity index (χ1n) is 4.28. The average Bonchev–Trinajstić information content (AvgIpc) is 2.02. The predicted octanol–water partition coefficient (Wildman–Crippen LogP) is 2.66. The van der Waals surface area contributed by atoms with Gasteiger partial charge in [0.2, 0.25) is 0 Å². The highest BCUT2D eigenvalue weighted by molar-refractivity contribution is 5.41. The van der Waals surface area contributed by atoms with Gasteiger partial charge in [0.15, 0.2) is 0 Å². The summed E-state index contributed by atoms with van der Waals surface area (Å²) in [6.07, 6.45) is 1.17. The van der Waals surface area contributed by atoms with Crippen molar-refractivity contribution in [2.75, 3.05) is 6.54 Å². The zero-order valence-corrected chi connectivity index (χ0v) is 7.14. The Kier molecular flexibility index (Phi) is 2.17. The zero-order valence-electron chi connectivity index (χ0n) is 7.14. The standard InChI is InChI=1S/C9H10N4/c10-13-12-8-3-1-2-7(6-8)9-4-5-11-9/h1-3,6,9,11H,4-5H2. The Morgan fingerprint density at radius 2 is 2.38 bits per heavy atom. The SMILES string of the molecule is [N-]=[N+]=Nc1cccc(C2CCN2)c1. The highest BCUT2D eigenvalue weighted by atomic mass is 15.1. The van der Waals surface area contributed by atoms with Gasteiger partial charge >= 0.3 is 0 Å². The van der Waals surface area contributed by atoms with Crippen molar-refractivity contribution in [2.24, 2.45) is 5.11 Å². The van der Waals surface area contributed by atoms with Crippen molar-refractivity contribution in [3.8, 4) is 0 Å². The lowest BCUT2D eigenvalue weighted by Gasteiger charge is -2.28. The monoisotopic (exact) mass is 174 g/mol. The Hall–Kier alpha value is -1.51. The molecule has 0 amide bonds. The third kappa shape index (κ3) is 1.64. The molecule has 0 radical (unpaired) electrons. The molecule has 1 aliphatic heterocycles. The van der Waals surface area contributed by atoms with E-state index >= 15 is 0 Å². The van der Waals surface area contributed by atoms with Crippen molar-refractivity contribution in [1.29, 1.82) is 0 Å². The van der Waals surface area contributed by atoms with Crippen LogP contribution in [0.3, 0.4) is 0 Å². The summed E-state index contributed by atoms with van der Waals surface area (Å²) in [6.45, 7) is 1.08. The minimum Gasteiger partial charge on any atom is -0.310 e. The second kappa shape index (κ2) is 3.47. The summed E-state index contributed by atoms with van der Waals surface area (Å²) in [5.41, 5.74) is 10.2.